The van der Waals surface area contributed by atoms with E-state index in [4.69, 9.17) is 5.73 Å². The first-order valence-corrected chi connectivity index (χ1v) is 9.45. The van der Waals surface area contributed by atoms with Crippen LogP contribution in [0.2, 0.25) is 0 Å². The van der Waals surface area contributed by atoms with E-state index in [0.29, 0.717) is 5.56 Å². The van der Waals surface area contributed by atoms with Gasteiger partial charge in [0, 0.05) is 23.7 Å². The highest BCUT2D eigenvalue weighted by atomic mass is 32.2. The number of hydrogen-bond donors (Lipinski definition) is 3. The van der Waals surface area contributed by atoms with Crippen LogP contribution in [0.3, 0.4) is 0 Å². The predicted octanol–water partition coefficient (Wildman–Crippen LogP) is 1.37. The molecule has 0 unspecified atom stereocenters. The zero-order valence-electron chi connectivity index (χ0n) is 13.6. The highest BCUT2D eigenvalue weighted by molar-refractivity contribution is 7.89. The van der Waals surface area contributed by atoms with Gasteiger partial charge in [0.05, 0.1) is 4.90 Å². The van der Waals surface area contributed by atoms with E-state index in [1.54, 1.807) is 26.0 Å². The number of carbonyl (C=O) groups excluding carboxylic acids is 1. The van der Waals surface area contributed by atoms with Crippen molar-refractivity contribution in [2.45, 2.75) is 62.6 Å². The average Bonchev–Trinajstić information content (AvgIpc) is 2.48. The third kappa shape index (κ3) is 5.02. The van der Waals surface area contributed by atoms with E-state index < -0.39 is 10.0 Å². The molecule has 0 atom stereocenters. The summed E-state index contributed by atoms with van der Waals surface area (Å²) < 4.78 is 26.6. The van der Waals surface area contributed by atoms with Gasteiger partial charge in [0.1, 0.15) is 0 Å². The molecule has 7 heteroatoms. The Morgan fingerprint density at radius 2 is 1.70 bits per heavy atom. The Balaban J connectivity index is 2.00. The minimum absolute atomic E-state index is 0.147. The third-order valence-electron chi connectivity index (χ3n) is 3.92. The molecular weight excluding hydrogens is 314 g/mol. The van der Waals surface area contributed by atoms with Crippen LogP contribution in [-0.2, 0) is 10.0 Å². The van der Waals surface area contributed by atoms with Gasteiger partial charge < -0.3 is 11.1 Å². The summed E-state index contributed by atoms with van der Waals surface area (Å²) in [4.78, 5) is 12.4. The second kappa shape index (κ2) is 7.42. The Labute approximate surface area is 137 Å². The lowest BCUT2D eigenvalue weighted by Gasteiger charge is -2.26. The third-order valence-corrected chi connectivity index (χ3v) is 5.60. The van der Waals surface area contributed by atoms with Crippen molar-refractivity contribution in [3.05, 3.63) is 29.8 Å². The summed E-state index contributed by atoms with van der Waals surface area (Å²) in [7, 11) is -3.53. The number of nitrogens with one attached hydrogen (secondary N) is 2. The highest BCUT2D eigenvalue weighted by Gasteiger charge is 2.21. The quantitative estimate of drug-likeness (QED) is 0.754. The molecule has 23 heavy (non-hydrogen) atoms. The van der Waals surface area contributed by atoms with E-state index in [1.807, 2.05) is 0 Å². The molecule has 1 saturated carbocycles. The van der Waals surface area contributed by atoms with Crippen molar-refractivity contribution in [2.24, 2.45) is 5.73 Å². The molecule has 1 aromatic rings. The van der Waals surface area contributed by atoms with Gasteiger partial charge in [0.2, 0.25) is 10.0 Å². The van der Waals surface area contributed by atoms with Gasteiger partial charge in [-0.2, -0.15) is 0 Å². The smallest absolute Gasteiger partial charge is 0.251 e. The van der Waals surface area contributed by atoms with E-state index in [9.17, 15) is 13.2 Å². The number of carbonyl (C=O) groups is 1. The van der Waals surface area contributed by atoms with Crippen molar-refractivity contribution in [1.29, 1.82) is 0 Å². The summed E-state index contributed by atoms with van der Waals surface area (Å²) in [5.74, 6) is -0.175. The molecule has 0 spiro atoms. The maximum atomic E-state index is 12.2. The summed E-state index contributed by atoms with van der Waals surface area (Å²) in [5.41, 5.74) is 6.32. The molecule has 0 heterocycles. The van der Waals surface area contributed by atoms with E-state index >= 15 is 0 Å². The molecule has 0 bridgehead atoms. The second-order valence-corrected chi connectivity index (χ2v) is 8.10. The number of amides is 1. The van der Waals surface area contributed by atoms with Crippen LogP contribution >= 0.6 is 0 Å². The lowest BCUT2D eigenvalue weighted by atomic mass is 9.91. The van der Waals surface area contributed by atoms with Gasteiger partial charge in [-0.15, -0.1) is 0 Å². The van der Waals surface area contributed by atoms with Crippen LogP contribution < -0.4 is 15.8 Å². The van der Waals surface area contributed by atoms with Crippen LogP contribution in [0.1, 0.15) is 49.9 Å². The minimum Gasteiger partial charge on any atom is -0.349 e. The number of hydrogen-bond acceptors (Lipinski definition) is 4. The zero-order chi connectivity index (χ0) is 17.0. The first-order valence-electron chi connectivity index (χ1n) is 7.97. The van der Waals surface area contributed by atoms with Gasteiger partial charge >= 0.3 is 0 Å². The topological polar surface area (TPSA) is 101 Å². The zero-order valence-corrected chi connectivity index (χ0v) is 14.4. The molecule has 128 valence electrons. The molecular formula is C16H25N3O3S. The van der Waals surface area contributed by atoms with Gasteiger partial charge in [-0.25, -0.2) is 13.1 Å². The molecule has 0 aliphatic heterocycles. The number of nitrogens with two attached hydrogens (primary N) is 1. The van der Waals surface area contributed by atoms with E-state index in [-0.39, 0.29) is 28.9 Å². The summed E-state index contributed by atoms with van der Waals surface area (Å²) in [5, 5.41) is 2.99. The lowest BCUT2D eigenvalue weighted by molar-refractivity contribution is 0.0925. The van der Waals surface area contributed by atoms with Crippen LogP contribution in [-0.4, -0.2) is 32.5 Å². The van der Waals surface area contributed by atoms with Crippen molar-refractivity contribution < 1.29 is 13.2 Å². The molecule has 6 nitrogen and oxygen atoms in total. The standard InChI is InChI=1S/C16H25N3O3S/c1-11(2)19-23(21,22)15-9-3-12(4-10-15)16(20)18-14-7-5-13(17)6-8-14/h3-4,9-11,13-14,19H,5-8,17H2,1-2H3,(H,18,20). The van der Waals surface area contributed by atoms with E-state index in [2.05, 4.69) is 10.0 Å². The van der Waals surface area contributed by atoms with Crippen molar-refractivity contribution in [3.8, 4) is 0 Å². The number of sulfonamides is 1. The fourth-order valence-electron chi connectivity index (χ4n) is 2.70. The molecule has 1 aliphatic rings. The van der Waals surface area contributed by atoms with Crippen LogP contribution in [0.4, 0.5) is 0 Å². The van der Waals surface area contributed by atoms with Gasteiger partial charge in [-0.3, -0.25) is 4.79 Å². The Kier molecular flexibility index (Phi) is 5.78. The molecule has 2 rings (SSSR count). The first kappa shape index (κ1) is 17.9. The van der Waals surface area contributed by atoms with Crippen molar-refractivity contribution in [2.75, 3.05) is 0 Å². The fourth-order valence-corrected chi connectivity index (χ4v) is 3.95. The molecule has 1 aliphatic carbocycles. The normalized spacial score (nSPS) is 22.1. The monoisotopic (exact) mass is 339 g/mol. The molecule has 1 aromatic carbocycles. The largest absolute Gasteiger partial charge is 0.349 e. The van der Waals surface area contributed by atoms with Gasteiger partial charge in [0.25, 0.3) is 5.91 Å². The van der Waals surface area contributed by atoms with E-state index in [1.165, 1.54) is 12.1 Å². The Hall–Kier alpha value is -1.44. The second-order valence-electron chi connectivity index (χ2n) is 6.39. The van der Waals surface area contributed by atoms with Crippen molar-refractivity contribution in [1.82, 2.24) is 10.0 Å². The van der Waals surface area contributed by atoms with Gasteiger partial charge in [-0.1, -0.05) is 0 Å². The molecule has 1 amide bonds. The van der Waals surface area contributed by atoms with Gasteiger partial charge in [-0.05, 0) is 63.8 Å². The van der Waals surface area contributed by atoms with Crippen LogP contribution in [0.25, 0.3) is 0 Å². The van der Waals surface area contributed by atoms with E-state index in [0.717, 1.165) is 25.7 Å². The molecule has 1 fully saturated rings. The van der Waals surface area contributed by atoms with Crippen molar-refractivity contribution >= 4 is 15.9 Å². The van der Waals surface area contributed by atoms with Crippen LogP contribution in [0, 0.1) is 0 Å². The minimum atomic E-state index is -3.53. The SMILES string of the molecule is CC(C)NS(=O)(=O)c1ccc(C(=O)NC2CCC(N)CC2)cc1. The summed E-state index contributed by atoms with van der Waals surface area (Å²) in [6.07, 6.45) is 3.61. The Morgan fingerprint density at radius 3 is 2.22 bits per heavy atom. The Morgan fingerprint density at radius 1 is 1.13 bits per heavy atom. The molecule has 0 radical (unpaired) electrons. The lowest BCUT2D eigenvalue weighted by Crippen LogP contribution is -2.40. The van der Waals surface area contributed by atoms with Crippen molar-refractivity contribution in [3.63, 3.8) is 0 Å². The predicted molar refractivity (Wildman–Crippen MR) is 89.6 cm³/mol. The van der Waals surface area contributed by atoms with Crippen LogP contribution in [0.5, 0.6) is 0 Å². The summed E-state index contributed by atoms with van der Waals surface area (Å²) >= 11 is 0. The Bertz CT molecular complexity index is 633. The van der Waals surface area contributed by atoms with Gasteiger partial charge in [0.15, 0.2) is 0 Å². The molecule has 0 saturated heterocycles. The van der Waals surface area contributed by atoms with Crippen LogP contribution in [0.15, 0.2) is 29.2 Å². The maximum absolute atomic E-state index is 12.2. The molecule has 4 N–H and O–H groups in total. The maximum Gasteiger partial charge on any atom is 0.251 e. The molecule has 0 aromatic heterocycles. The summed E-state index contributed by atoms with van der Waals surface area (Å²) in [6.45, 7) is 3.52. The number of rotatable bonds is 5. The number of benzene rings is 1. The average molecular weight is 339 g/mol. The highest BCUT2D eigenvalue weighted by Crippen LogP contribution is 2.18. The summed E-state index contributed by atoms with van der Waals surface area (Å²) in [6, 6.07) is 6.19. The first-order chi connectivity index (χ1) is 10.8. The fraction of sp³-hybridized carbons (Fsp3) is 0.562.